The number of ether oxygens (including phenoxy) is 2. The van der Waals surface area contributed by atoms with Crippen molar-refractivity contribution >= 4 is 22.4 Å². The summed E-state index contributed by atoms with van der Waals surface area (Å²) in [6.45, 7) is 8.85. The van der Waals surface area contributed by atoms with Gasteiger partial charge in [-0.3, -0.25) is 4.90 Å². The van der Waals surface area contributed by atoms with Gasteiger partial charge < -0.3 is 19.5 Å². The summed E-state index contributed by atoms with van der Waals surface area (Å²) in [6.07, 6.45) is 0.695. The third-order valence-corrected chi connectivity index (χ3v) is 6.65. The largest absolute Gasteiger partial charge is 0.486 e. The number of anilines is 1. The molecule has 150 valence electrons. The van der Waals surface area contributed by atoms with Gasteiger partial charge in [0.15, 0.2) is 22.3 Å². The van der Waals surface area contributed by atoms with Gasteiger partial charge in [0.2, 0.25) is 0 Å². The Morgan fingerprint density at radius 1 is 1.21 bits per heavy atom. The van der Waals surface area contributed by atoms with E-state index in [1.54, 1.807) is 0 Å². The van der Waals surface area contributed by atoms with Crippen LogP contribution in [0.2, 0.25) is 0 Å². The molecule has 2 aliphatic heterocycles. The highest BCUT2D eigenvalue weighted by Crippen LogP contribution is 2.35. The molecule has 1 aromatic heterocycles. The molecule has 3 heterocycles. The van der Waals surface area contributed by atoms with Gasteiger partial charge in [0, 0.05) is 37.1 Å². The lowest BCUT2D eigenvalue weighted by atomic mass is 10.1. The molecule has 28 heavy (non-hydrogen) atoms. The first kappa shape index (κ1) is 19.0. The number of benzene rings is 1. The smallest absolute Gasteiger partial charge is 0.355 e. The molecule has 1 fully saturated rings. The Labute approximate surface area is 168 Å². The van der Waals surface area contributed by atoms with Crippen LogP contribution in [-0.4, -0.2) is 60.4 Å². The number of thiazole rings is 1. The summed E-state index contributed by atoms with van der Waals surface area (Å²) in [5.74, 6) is 0.701. The number of carboxylic acid groups (broad SMARTS) is 1. The normalized spacial score (nSPS) is 18.1. The molecule has 8 heteroatoms. The SMILES string of the molecule is CCc1sc(N2CCN(C(C)c3ccc4c(c3)OCCO4)CC2)nc1C(=O)O. The van der Waals surface area contributed by atoms with Crippen molar-refractivity contribution in [3.05, 3.63) is 34.3 Å². The quantitative estimate of drug-likeness (QED) is 0.822. The molecule has 0 amide bonds. The second-order valence-corrected chi connectivity index (χ2v) is 8.09. The Balaban J connectivity index is 1.42. The third kappa shape index (κ3) is 3.66. The zero-order valence-corrected chi connectivity index (χ0v) is 17.0. The minimum atomic E-state index is -0.940. The van der Waals surface area contributed by atoms with Crippen LogP contribution >= 0.6 is 11.3 Å². The number of aromatic nitrogens is 1. The van der Waals surface area contributed by atoms with E-state index in [1.165, 1.54) is 16.9 Å². The fourth-order valence-electron chi connectivity index (χ4n) is 3.71. The highest BCUT2D eigenvalue weighted by molar-refractivity contribution is 7.15. The maximum Gasteiger partial charge on any atom is 0.355 e. The molecule has 0 saturated carbocycles. The zero-order chi connectivity index (χ0) is 19.7. The van der Waals surface area contributed by atoms with Gasteiger partial charge in [-0.15, -0.1) is 11.3 Å². The highest BCUT2D eigenvalue weighted by Gasteiger charge is 2.26. The number of carboxylic acids is 1. The van der Waals surface area contributed by atoms with Crippen LogP contribution in [0.25, 0.3) is 0 Å². The van der Waals surface area contributed by atoms with E-state index < -0.39 is 5.97 Å². The third-order valence-electron chi connectivity index (χ3n) is 5.39. The number of piperazine rings is 1. The Hall–Kier alpha value is -2.32. The Morgan fingerprint density at radius 2 is 1.93 bits per heavy atom. The van der Waals surface area contributed by atoms with Gasteiger partial charge in [-0.1, -0.05) is 13.0 Å². The van der Waals surface area contributed by atoms with Crippen molar-refractivity contribution in [2.45, 2.75) is 26.3 Å². The van der Waals surface area contributed by atoms with E-state index in [1.807, 2.05) is 13.0 Å². The second-order valence-electron chi connectivity index (χ2n) is 7.03. The van der Waals surface area contributed by atoms with Gasteiger partial charge in [-0.25, -0.2) is 9.78 Å². The van der Waals surface area contributed by atoms with Crippen LogP contribution in [0.3, 0.4) is 0 Å². The molecule has 1 atom stereocenters. The van der Waals surface area contributed by atoms with E-state index in [4.69, 9.17) is 9.47 Å². The first-order valence-electron chi connectivity index (χ1n) is 9.68. The average Bonchev–Trinajstić information content (AvgIpc) is 3.18. The zero-order valence-electron chi connectivity index (χ0n) is 16.2. The van der Waals surface area contributed by atoms with Gasteiger partial charge in [0.25, 0.3) is 0 Å². The van der Waals surface area contributed by atoms with Crippen LogP contribution < -0.4 is 14.4 Å². The second kappa shape index (κ2) is 7.97. The molecule has 2 aromatic rings. The molecule has 1 N–H and O–H groups in total. The van der Waals surface area contributed by atoms with Gasteiger partial charge in [-0.05, 0) is 31.0 Å². The highest BCUT2D eigenvalue weighted by atomic mass is 32.1. The summed E-state index contributed by atoms with van der Waals surface area (Å²) in [5, 5.41) is 10.2. The predicted molar refractivity (Wildman–Crippen MR) is 108 cm³/mol. The summed E-state index contributed by atoms with van der Waals surface area (Å²) in [6, 6.07) is 6.46. The molecular formula is C20H25N3O4S. The van der Waals surface area contributed by atoms with Crippen molar-refractivity contribution in [1.82, 2.24) is 9.88 Å². The topological polar surface area (TPSA) is 75.1 Å². The minimum Gasteiger partial charge on any atom is -0.486 e. The summed E-state index contributed by atoms with van der Waals surface area (Å²) in [7, 11) is 0. The number of hydrogen-bond donors (Lipinski definition) is 1. The van der Waals surface area contributed by atoms with Crippen molar-refractivity contribution < 1.29 is 19.4 Å². The molecule has 2 aliphatic rings. The molecule has 0 radical (unpaired) electrons. The van der Waals surface area contributed by atoms with E-state index in [-0.39, 0.29) is 11.7 Å². The Kier molecular flexibility index (Phi) is 5.41. The lowest BCUT2D eigenvalue weighted by molar-refractivity contribution is 0.0690. The summed E-state index contributed by atoms with van der Waals surface area (Å²) in [5.41, 5.74) is 1.42. The molecular weight excluding hydrogens is 378 g/mol. The number of carbonyl (C=O) groups is 1. The van der Waals surface area contributed by atoms with Gasteiger partial charge >= 0.3 is 5.97 Å². The van der Waals surface area contributed by atoms with E-state index in [2.05, 4.69) is 33.8 Å². The molecule has 0 spiro atoms. The standard InChI is InChI=1S/C20H25N3O4S/c1-3-17-18(19(24)25)21-20(28-17)23-8-6-22(7-9-23)13(2)14-4-5-15-16(12-14)27-11-10-26-15/h4-5,12-13H,3,6-11H2,1-2H3,(H,24,25). The maximum atomic E-state index is 11.4. The number of nitrogens with zero attached hydrogens (tertiary/aromatic N) is 3. The molecule has 1 unspecified atom stereocenters. The first-order chi connectivity index (χ1) is 13.6. The summed E-state index contributed by atoms with van der Waals surface area (Å²) in [4.78, 5) is 21.2. The van der Waals surface area contributed by atoms with Crippen molar-refractivity contribution in [3.8, 4) is 11.5 Å². The summed E-state index contributed by atoms with van der Waals surface area (Å²) < 4.78 is 11.3. The van der Waals surface area contributed by atoms with Crippen LogP contribution in [0.4, 0.5) is 5.13 Å². The van der Waals surface area contributed by atoms with Crippen molar-refractivity contribution in [3.63, 3.8) is 0 Å². The number of fused-ring (bicyclic) bond motifs is 1. The molecule has 1 aromatic carbocycles. The Morgan fingerprint density at radius 3 is 2.57 bits per heavy atom. The van der Waals surface area contributed by atoms with Crippen molar-refractivity contribution in [1.29, 1.82) is 0 Å². The first-order valence-corrected chi connectivity index (χ1v) is 10.5. The molecule has 0 aliphatic carbocycles. The van der Waals surface area contributed by atoms with E-state index in [0.717, 1.165) is 47.7 Å². The van der Waals surface area contributed by atoms with Crippen LogP contribution in [0.5, 0.6) is 11.5 Å². The predicted octanol–water partition coefficient (Wildman–Crippen LogP) is 3.06. The van der Waals surface area contributed by atoms with E-state index in [9.17, 15) is 9.90 Å². The molecule has 4 rings (SSSR count). The molecule has 1 saturated heterocycles. The fraction of sp³-hybridized carbons (Fsp3) is 0.500. The molecule has 7 nitrogen and oxygen atoms in total. The Bertz CT molecular complexity index is 861. The number of rotatable bonds is 5. The lowest BCUT2D eigenvalue weighted by Gasteiger charge is -2.38. The van der Waals surface area contributed by atoms with Crippen molar-refractivity contribution in [2.24, 2.45) is 0 Å². The summed E-state index contributed by atoms with van der Waals surface area (Å²) >= 11 is 1.50. The van der Waals surface area contributed by atoms with Gasteiger partial charge in [-0.2, -0.15) is 0 Å². The number of aryl methyl sites for hydroxylation is 1. The number of hydrogen-bond acceptors (Lipinski definition) is 7. The monoisotopic (exact) mass is 403 g/mol. The van der Waals surface area contributed by atoms with Gasteiger partial charge in [0.1, 0.15) is 13.2 Å². The maximum absolute atomic E-state index is 11.4. The van der Waals surface area contributed by atoms with Crippen LogP contribution in [-0.2, 0) is 6.42 Å². The van der Waals surface area contributed by atoms with Crippen LogP contribution in [0, 0.1) is 0 Å². The van der Waals surface area contributed by atoms with E-state index in [0.29, 0.717) is 19.6 Å². The van der Waals surface area contributed by atoms with Crippen LogP contribution in [0.1, 0.15) is 40.8 Å². The minimum absolute atomic E-state index is 0.203. The van der Waals surface area contributed by atoms with Crippen LogP contribution in [0.15, 0.2) is 18.2 Å². The average molecular weight is 404 g/mol. The molecule has 0 bridgehead atoms. The number of aromatic carboxylic acids is 1. The van der Waals surface area contributed by atoms with Gasteiger partial charge in [0.05, 0.1) is 0 Å². The lowest BCUT2D eigenvalue weighted by Crippen LogP contribution is -2.47. The fourth-order valence-corrected chi connectivity index (χ4v) is 4.76. The van der Waals surface area contributed by atoms with E-state index >= 15 is 0 Å². The van der Waals surface area contributed by atoms with Crippen molar-refractivity contribution in [2.75, 3.05) is 44.3 Å².